The Hall–Kier alpha value is -2.22. The molecule has 1 aromatic heterocycles. The average Bonchev–Trinajstić information content (AvgIpc) is 2.95. The topological polar surface area (TPSA) is 68.0 Å². The lowest BCUT2D eigenvalue weighted by molar-refractivity contribution is 0.102. The van der Waals surface area contributed by atoms with Crippen LogP contribution in [-0.4, -0.2) is 16.0 Å². The molecular formula is C16H12IN3O2. The summed E-state index contributed by atoms with van der Waals surface area (Å²) in [4.78, 5) is 16.5. The number of halogens is 1. The second-order valence-electron chi connectivity index (χ2n) is 4.64. The Labute approximate surface area is 140 Å². The lowest BCUT2D eigenvalue weighted by Gasteiger charge is -2.08. The summed E-state index contributed by atoms with van der Waals surface area (Å²) >= 11 is 2.20. The minimum atomic E-state index is -0.177. The van der Waals surface area contributed by atoms with Gasteiger partial charge in [0.15, 0.2) is 0 Å². The Morgan fingerprint density at radius 3 is 2.55 bits per heavy atom. The third-order valence-electron chi connectivity index (χ3n) is 3.05. The van der Waals surface area contributed by atoms with Crippen LogP contribution in [0.5, 0.6) is 0 Å². The molecule has 0 radical (unpaired) electrons. The standard InChI is InChI=1S/C16H12IN3O2/c1-10-18-15(20-22-10)13-4-2-3-5-14(13)19-16(21)11-6-8-12(17)9-7-11/h2-9H,1H3,(H,19,21). The van der Waals surface area contributed by atoms with Gasteiger partial charge < -0.3 is 9.84 Å². The van der Waals surface area contributed by atoms with Gasteiger partial charge in [-0.25, -0.2) is 0 Å². The second kappa shape index (κ2) is 6.27. The van der Waals surface area contributed by atoms with E-state index in [1.165, 1.54) is 0 Å². The van der Waals surface area contributed by atoms with Crippen LogP contribution in [0.15, 0.2) is 53.1 Å². The normalized spacial score (nSPS) is 10.5. The fourth-order valence-corrected chi connectivity index (χ4v) is 2.35. The van der Waals surface area contributed by atoms with Crippen molar-refractivity contribution in [3.63, 3.8) is 0 Å². The maximum Gasteiger partial charge on any atom is 0.255 e. The van der Waals surface area contributed by atoms with Gasteiger partial charge in [0.1, 0.15) is 0 Å². The molecule has 1 amide bonds. The molecule has 110 valence electrons. The van der Waals surface area contributed by atoms with E-state index >= 15 is 0 Å². The predicted molar refractivity (Wildman–Crippen MR) is 91.6 cm³/mol. The Morgan fingerprint density at radius 2 is 1.86 bits per heavy atom. The zero-order valence-electron chi connectivity index (χ0n) is 11.7. The van der Waals surface area contributed by atoms with Crippen molar-refractivity contribution in [1.82, 2.24) is 10.1 Å². The van der Waals surface area contributed by atoms with E-state index in [1.807, 2.05) is 36.4 Å². The van der Waals surface area contributed by atoms with Crippen LogP contribution in [0.25, 0.3) is 11.4 Å². The number of carbonyl (C=O) groups is 1. The summed E-state index contributed by atoms with van der Waals surface area (Å²) < 4.78 is 6.08. The Bertz CT molecular complexity index is 812. The molecule has 0 unspecified atom stereocenters. The Balaban J connectivity index is 1.89. The summed E-state index contributed by atoms with van der Waals surface area (Å²) in [5.41, 5.74) is 1.96. The highest BCUT2D eigenvalue weighted by atomic mass is 127. The molecule has 2 aromatic carbocycles. The van der Waals surface area contributed by atoms with Gasteiger partial charge >= 0.3 is 0 Å². The lowest BCUT2D eigenvalue weighted by Crippen LogP contribution is -2.12. The number of nitrogens with zero attached hydrogens (tertiary/aromatic N) is 2. The predicted octanol–water partition coefficient (Wildman–Crippen LogP) is 3.90. The molecular weight excluding hydrogens is 393 g/mol. The summed E-state index contributed by atoms with van der Waals surface area (Å²) in [7, 11) is 0. The van der Waals surface area contributed by atoms with Gasteiger partial charge in [-0.1, -0.05) is 17.3 Å². The SMILES string of the molecule is Cc1nc(-c2ccccc2NC(=O)c2ccc(I)cc2)no1. The van der Waals surface area contributed by atoms with Gasteiger partial charge in [0, 0.05) is 21.6 Å². The number of amides is 1. The van der Waals surface area contributed by atoms with Crippen molar-refractivity contribution in [2.75, 3.05) is 5.32 Å². The Morgan fingerprint density at radius 1 is 1.14 bits per heavy atom. The van der Waals surface area contributed by atoms with Gasteiger partial charge in [-0.3, -0.25) is 4.79 Å². The molecule has 0 saturated carbocycles. The number of para-hydroxylation sites is 1. The number of benzene rings is 2. The fraction of sp³-hybridized carbons (Fsp3) is 0.0625. The van der Waals surface area contributed by atoms with Crippen molar-refractivity contribution in [1.29, 1.82) is 0 Å². The Kier molecular flexibility index (Phi) is 4.19. The van der Waals surface area contributed by atoms with Crippen LogP contribution in [0.2, 0.25) is 0 Å². The van der Waals surface area contributed by atoms with Crippen molar-refractivity contribution in [3.05, 3.63) is 63.6 Å². The van der Waals surface area contributed by atoms with Gasteiger partial charge in [-0.2, -0.15) is 4.98 Å². The van der Waals surface area contributed by atoms with Gasteiger partial charge in [0.05, 0.1) is 5.69 Å². The highest BCUT2D eigenvalue weighted by Crippen LogP contribution is 2.25. The van der Waals surface area contributed by atoms with Crippen molar-refractivity contribution in [2.45, 2.75) is 6.92 Å². The molecule has 0 saturated heterocycles. The summed E-state index contributed by atoms with van der Waals surface area (Å²) in [6, 6.07) is 14.7. The second-order valence-corrected chi connectivity index (χ2v) is 5.89. The fourth-order valence-electron chi connectivity index (χ4n) is 1.99. The minimum absolute atomic E-state index is 0.177. The van der Waals surface area contributed by atoms with Crippen LogP contribution < -0.4 is 5.32 Å². The van der Waals surface area contributed by atoms with E-state index in [2.05, 4.69) is 38.0 Å². The molecule has 1 N–H and O–H groups in total. The van der Waals surface area contributed by atoms with E-state index in [4.69, 9.17) is 4.52 Å². The van der Waals surface area contributed by atoms with Crippen molar-refractivity contribution in [3.8, 4) is 11.4 Å². The summed E-state index contributed by atoms with van der Waals surface area (Å²) in [5, 5.41) is 6.79. The van der Waals surface area contributed by atoms with E-state index in [9.17, 15) is 4.79 Å². The summed E-state index contributed by atoms with van der Waals surface area (Å²) in [6.07, 6.45) is 0. The molecule has 0 spiro atoms. The number of aromatic nitrogens is 2. The molecule has 0 fully saturated rings. The first-order chi connectivity index (χ1) is 10.6. The number of rotatable bonds is 3. The molecule has 0 aliphatic carbocycles. The van der Waals surface area contributed by atoms with Gasteiger partial charge in [0.25, 0.3) is 5.91 Å². The van der Waals surface area contributed by atoms with E-state index in [1.54, 1.807) is 19.1 Å². The third kappa shape index (κ3) is 3.16. The molecule has 0 bridgehead atoms. The van der Waals surface area contributed by atoms with Crippen molar-refractivity contribution in [2.24, 2.45) is 0 Å². The van der Waals surface area contributed by atoms with Crippen LogP contribution >= 0.6 is 22.6 Å². The molecule has 1 heterocycles. The van der Waals surface area contributed by atoms with E-state index in [0.717, 1.165) is 9.13 Å². The van der Waals surface area contributed by atoms with Gasteiger partial charge in [-0.05, 0) is 59.0 Å². The first-order valence-corrected chi connectivity index (χ1v) is 7.68. The molecule has 3 rings (SSSR count). The molecule has 5 nitrogen and oxygen atoms in total. The van der Waals surface area contributed by atoms with Crippen LogP contribution in [-0.2, 0) is 0 Å². The number of nitrogens with one attached hydrogen (secondary N) is 1. The quantitative estimate of drug-likeness (QED) is 0.672. The van der Waals surface area contributed by atoms with Crippen LogP contribution in [0.1, 0.15) is 16.2 Å². The van der Waals surface area contributed by atoms with E-state index < -0.39 is 0 Å². The molecule has 6 heteroatoms. The molecule has 0 atom stereocenters. The first-order valence-electron chi connectivity index (χ1n) is 6.60. The smallest absolute Gasteiger partial charge is 0.255 e. The van der Waals surface area contributed by atoms with Crippen molar-refractivity contribution < 1.29 is 9.32 Å². The van der Waals surface area contributed by atoms with Gasteiger partial charge in [0.2, 0.25) is 11.7 Å². The van der Waals surface area contributed by atoms with Crippen LogP contribution in [0, 0.1) is 10.5 Å². The highest BCUT2D eigenvalue weighted by molar-refractivity contribution is 14.1. The summed E-state index contributed by atoms with van der Waals surface area (Å²) in [6.45, 7) is 1.73. The molecule has 22 heavy (non-hydrogen) atoms. The maximum atomic E-state index is 12.3. The summed E-state index contributed by atoms with van der Waals surface area (Å²) in [5.74, 6) is 0.758. The first kappa shape index (κ1) is 14.7. The van der Waals surface area contributed by atoms with Gasteiger partial charge in [-0.15, -0.1) is 0 Å². The highest BCUT2D eigenvalue weighted by Gasteiger charge is 2.13. The zero-order chi connectivity index (χ0) is 15.5. The molecule has 0 aliphatic heterocycles. The minimum Gasteiger partial charge on any atom is -0.339 e. The number of anilines is 1. The third-order valence-corrected chi connectivity index (χ3v) is 3.77. The number of hydrogen-bond acceptors (Lipinski definition) is 4. The number of hydrogen-bond donors (Lipinski definition) is 1. The average molecular weight is 405 g/mol. The van der Waals surface area contributed by atoms with Crippen LogP contribution in [0.4, 0.5) is 5.69 Å². The van der Waals surface area contributed by atoms with E-state index in [-0.39, 0.29) is 5.91 Å². The van der Waals surface area contributed by atoms with Crippen molar-refractivity contribution >= 4 is 34.2 Å². The maximum absolute atomic E-state index is 12.3. The van der Waals surface area contributed by atoms with Crippen LogP contribution in [0.3, 0.4) is 0 Å². The van der Waals surface area contributed by atoms with E-state index in [0.29, 0.717) is 23.0 Å². The molecule has 0 aliphatic rings. The number of carbonyl (C=O) groups excluding carboxylic acids is 1. The lowest BCUT2D eigenvalue weighted by atomic mass is 10.1. The number of aryl methyl sites for hydroxylation is 1. The molecule has 3 aromatic rings. The largest absolute Gasteiger partial charge is 0.339 e. The monoisotopic (exact) mass is 405 g/mol. The zero-order valence-corrected chi connectivity index (χ0v) is 13.9.